The molecule has 1 aliphatic rings. The monoisotopic (exact) mass is 452 g/mol. The number of fused-ring (bicyclic) bond motifs is 1. The first-order valence-corrected chi connectivity index (χ1v) is 11.0. The van der Waals surface area contributed by atoms with Gasteiger partial charge >= 0.3 is 6.61 Å². The summed E-state index contributed by atoms with van der Waals surface area (Å²) in [6.45, 7) is 5.14. The van der Waals surface area contributed by atoms with Crippen molar-refractivity contribution in [3.63, 3.8) is 0 Å². The van der Waals surface area contributed by atoms with Gasteiger partial charge in [-0.3, -0.25) is 0 Å². The zero-order valence-electron chi connectivity index (χ0n) is 18.8. The normalized spacial score (nSPS) is 16.0. The van der Waals surface area contributed by atoms with Crippen molar-refractivity contribution in [2.24, 2.45) is 0 Å². The topological polar surface area (TPSA) is 82.7 Å². The first-order chi connectivity index (χ1) is 15.8. The lowest BCUT2D eigenvalue weighted by atomic mass is 9.79. The molecule has 0 amide bonds. The number of aryl methyl sites for hydroxylation is 2. The van der Waals surface area contributed by atoms with Gasteiger partial charge in [0.25, 0.3) is 0 Å². The summed E-state index contributed by atoms with van der Waals surface area (Å²) in [5.74, 6) is 2.06. The molecule has 33 heavy (non-hydrogen) atoms. The van der Waals surface area contributed by atoms with Crippen molar-refractivity contribution in [3.05, 3.63) is 53.9 Å². The highest BCUT2D eigenvalue weighted by Gasteiger charge is 2.35. The maximum atomic E-state index is 12.4. The largest absolute Gasteiger partial charge is 0.435 e. The van der Waals surface area contributed by atoms with Crippen molar-refractivity contribution in [1.82, 2.24) is 24.9 Å². The van der Waals surface area contributed by atoms with Gasteiger partial charge < -0.3 is 19.6 Å². The van der Waals surface area contributed by atoms with Crippen molar-refractivity contribution in [3.8, 4) is 17.0 Å². The van der Waals surface area contributed by atoms with Gasteiger partial charge in [-0.05, 0) is 57.0 Å². The molecule has 0 spiro atoms. The fourth-order valence-corrected chi connectivity index (χ4v) is 4.58. The smallest absolute Gasteiger partial charge is 0.387 e. The minimum Gasteiger partial charge on any atom is -0.435 e. The zero-order chi connectivity index (χ0) is 23.2. The Hall–Kier alpha value is -3.49. The van der Waals surface area contributed by atoms with Gasteiger partial charge in [0.05, 0.1) is 11.1 Å². The maximum Gasteiger partial charge on any atom is 0.387 e. The minimum absolute atomic E-state index is 0.0988. The number of nitrogens with one attached hydrogen (secondary N) is 2. The van der Waals surface area contributed by atoms with Crippen LogP contribution in [-0.4, -0.2) is 44.6 Å². The van der Waals surface area contributed by atoms with E-state index in [1.165, 1.54) is 0 Å². The van der Waals surface area contributed by atoms with Crippen molar-refractivity contribution in [1.29, 1.82) is 0 Å². The lowest BCUT2D eigenvalue weighted by Gasteiger charge is -2.38. The van der Waals surface area contributed by atoms with Crippen LogP contribution in [0.3, 0.4) is 0 Å². The summed E-state index contributed by atoms with van der Waals surface area (Å²) in [6.07, 6.45) is 3.46. The number of aromatic nitrogens is 5. The highest BCUT2D eigenvalue weighted by molar-refractivity contribution is 5.88. The van der Waals surface area contributed by atoms with E-state index in [9.17, 15) is 8.78 Å². The second kappa shape index (κ2) is 8.13. The van der Waals surface area contributed by atoms with E-state index in [-0.39, 0.29) is 11.2 Å². The van der Waals surface area contributed by atoms with Crippen LogP contribution in [0.5, 0.6) is 5.75 Å². The molecule has 4 aromatic rings. The number of benzene rings is 1. The van der Waals surface area contributed by atoms with E-state index in [1.807, 2.05) is 13.8 Å². The van der Waals surface area contributed by atoms with Gasteiger partial charge in [0, 0.05) is 35.5 Å². The summed E-state index contributed by atoms with van der Waals surface area (Å²) in [6, 6.07) is 8.70. The third kappa shape index (κ3) is 4.03. The second-order valence-corrected chi connectivity index (χ2v) is 8.92. The first-order valence-electron chi connectivity index (χ1n) is 11.0. The number of aromatic amines is 2. The van der Waals surface area contributed by atoms with Gasteiger partial charge in [-0.1, -0.05) is 6.92 Å². The molecule has 1 aromatic carbocycles. The van der Waals surface area contributed by atoms with E-state index < -0.39 is 6.61 Å². The fourth-order valence-electron chi connectivity index (χ4n) is 4.58. The second-order valence-electron chi connectivity index (χ2n) is 8.92. The Kier molecular flexibility index (Phi) is 5.26. The molecule has 0 radical (unpaired) electrons. The number of halogens is 2. The Morgan fingerprint density at radius 2 is 1.79 bits per heavy atom. The SMILES string of the molecule is Cc1cc2c(N3CCC(C)(c4nc(-c5ccc(OC(F)F)cc5)c(C)[nH]4)CC3)ncnc2[nH]1. The lowest BCUT2D eigenvalue weighted by Crippen LogP contribution is -2.42. The van der Waals surface area contributed by atoms with Gasteiger partial charge in [-0.15, -0.1) is 0 Å². The summed E-state index contributed by atoms with van der Waals surface area (Å²) in [7, 11) is 0. The first kappa shape index (κ1) is 21.4. The number of H-pyrrole nitrogens is 2. The number of hydrogen-bond acceptors (Lipinski definition) is 5. The van der Waals surface area contributed by atoms with E-state index in [2.05, 4.69) is 42.6 Å². The molecule has 172 valence electrons. The van der Waals surface area contributed by atoms with E-state index >= 15 is 0 Å². The molecule has 4 heterocycles. The molecule has 7 nitrogen and oxygen atoms in total. The van der Waals surface area contributed by atoms with Gasteiger partial charge in [0.1, 0.15) is 29.4 Å². The average Bonchev–Trinajstić information content (AvgIpc) is 3.37. The highest BCUT2D eigenvalue weighted by atomic mass is 19.3. The van der Waals surface area contributed by atoms with Crippen molar-refractivity contribution < 1.29 is 13.5 Å². The van der Waals surface area contributed by atoms with Crippen molar-refractivity contribution in [2.45, 2.75) is 45.6 Å². The minimum atomic E-state index is -2.83. The molecule has 9 heteroatoms. The molecule has 0 saturated carbocycles. The van der Waals surface area contributed by atoms with Crippen LogP contribution in [0, 0.1) is 13.8 Å². The van der Waals surface area contributed by atoms with Gasteiger partial charge in [0.15, 0.2) is 0 Å². The Labute approximate surface area is 190 Å². The Morgan fingerprint density at radius 3 is 2.48 bits per heavy atom. The average molecular weight is 453 g/mol. The summed E-state index contributed by atoms with van der Waals surface area (Å²) in [4.78, 5) is 22.9. The number of imidazole rings is 1. The highest BCUT2D eigenvalue weighted by Crippen LogP contribution is 2.37. The Balaban J connectivity index is 1.34. The molecular weight excluding hydrogens is 426 g/mol. The van der Waals surface area contributed by atoms with E-state index in [1.54, 1.807) is 30.6 Å². The van der Waals surface area contributed by atoms with Crippen LogP contribution in [0.1, 0.15) is 37.0 Å². The third-order valence-corrected chi connectivity index (χ3v) is 6.52. The Bertz CT molecular complexity index is 1270. The molecule has 0 aliphatic carbocycles. The number of nitrogens with zero attached hydrogens (tertiary/aromatic N) is 4. The van der Waals surface area contributed by atoms with Gasteiger partial charge in [0.2, 0.25) is 0 Å². The molecule has 3 aromatic heterocycles. The predicted octanol–water partition coefficient (Wildman–Crippen LogP) is 5.12. The quantitative estimate of drug-likeness (QED) is 0.439. The predicted molar refractivity (Wildman–Crippen MR) is 123 cm³/mol. The molecule has 0 bridgehead atoms. The van der Waals surface area contributed by atoms with Crippen molar-refractivity contribution in [2.75, 3.05) is 18.0 Å². The molecule has 1 aliphatic heterocycles. The van der Waals surface area contributed by atoms with E-state index in [0.717, 1.165) is 71.3 Å². The summed E-state index contributed by atoms with van der Waals surface area (Å²) in [5, 5.41) is 1.05. The van der Waals surface area contributed by atoms with Crippen LogP contribution in [-0.2, 0) is 5.41 Å². The van der Waals surface area contributed by atoms with Crippen LogP contribution in [0.25, 0.3) is 22.3 Å². The number of rotatable bonds is 5. The molecule has 0 atom stereocenters. The van der Waals surface area contributed by atoms with E-state index in [4.69, 9.17) is 4.98 Å². The molecule has 5 rings (SSSR count). The molecule has 2 N–H and O–H groups in total. The summed E-state index contributed by atoms with van der Waals surface area (Å²) < 4.78 is 29.3. The fraction of sp³-hybridized carbons (Fsp3) is 0.375. The lowest BCUT2D eigenvalue weighted by molar-refractivity contribution is -0.0498. The molecule has 1 fully saturated rings. The molecular formula is C24H26F2N6O. The third-order valence-electron chi connectivity index (χ3n) is 6.52. The number of piperidine rings is 1. The summed E-state index contributed by atoms with van der Waals surface area (Å²) >= 11 is 0. The molecule has 0 unspecified atom stereocenters. The zero-order valence-corrected chi connectivity index (χ0v) is 18.8. The van der Waals surface area contributed by atoms with Gasteiger partial charge in [-0.2, -0.15) is 8.78 Å². The number of hydrogen-bond donors (Lipinski definition) is 2. The number of ether oxygens (including phenoxy) is 1. The maximum absolute atomic E-state index is 12.4. The Morgan fingerprint density at radius 1 is 1.06 bits per heavy atom. The summed E-state index contributed by atoms with van der Waals surface area (Å²) in [5.41, 5.74) is 4.49. The van der Waals surface area contributed by atoms with Crippen LogP contribution < -0.4 is 9.64 Å². The van der Waals surface area contributed by atoms with Crippen LogP contribution in [0.15, 0.2) is 36.7 Å². The van der Waals surface area contributed by atoms with Crippen LogP contribution >= 0.6 is 0 Å². The van der Waals surface area contributed by atoms with Crippen molar-refractivity contribution >= 4 is 16.9 Å². The van der Waals surface area contributed by atoms with Crippen LogP contribution in [0.2, 0.25) is 0 Å². The molecule has 1 saturated heterocycles. The number of alkyl halides is 2. The standard InChI is InChI=1S/C24H26F2N6O/c1-14-12-18-20(29-14)27-13-28-21(18)32-10-8-24(3,9-11-32)22-30-15(2)19(31-22)16-4-6-17(7-5-16)33-23(25)26/h4-7,12-13,23H,8-11H2,1-3H3,(H,30,31)(H,27,28,29). The van der Waals surface area contributed by atoms with E-state index in [0.29, 0.717) is 0 Å². The van der Waals surface area contributed by atoms with Gasteiger partial charge in [-0.25, -0.2) is 15.0 Å². The number of anilines is 1. The van der Waals surface area contributed by atoms with Crippen LogP contribution in [0.4, 0.5) is 14.6 Å².